The van der Waals surface area contributed by atoms with Crippen LogP contribution >= 0.6 is 0 Å². The van der Waals surface area contributed by atoms with E-state index in [2.05, 4.69) is 27.8 Å². The van der Waals surface area contributed by atoms with Gasteiger partial charge in [-0.2, -0.15) is 0 Å². The first-order valence-electron chi connectivity index (χ1n) is 6.11. The van der Waals surface area contributed by atoms with Gasteiger partial charge in [0.2, 0.25) is 0 Å². The average Bonchev–Trinajstić information content (AvgIpc) is 2.36. The molecule has 4 N–H and O–H groups in total. The molecule has 4 nitrogen and oxygen atoms in total. The van der Waals surface area contributed by atoms with Crippen LogP contribution in [-0.4, -0.2) is 6.54 Å². The molecule has 0 aromatic rings. The summed E-state index contributed by atoms with van der Waals surface area (Å²) >= 11 is 0. The fraction of sp³-hybridized carbons (Fsp3) is 0.500. The summed E-state index contributed by atoms with van der Waals surface area (Å²) in [5, 5.41) is 3.50. The maximum absolute atomic E-state index is 3.50. The van der Waals surface area contributed by atoms with Crippen molar-refractivity contribution in [1.29, 1.82) is 0 Å². The van der Waals surface area contributed by atoms with Gasteiger partial charge in [0.25, 0.3) is 0 Å². The Morgan fingerprint density at radius 3 is 3.25 bits per heavy atom. The van der Waals surface area contributed by atoms with Gasteiger partial charge in [-0.25, -0.2) is 0 Å². The molecule has 0 amide bonds. The van der Waals surface area contributed by atoms with Crippen LogP contribution in [0.25, 0.3) is 0 Å². The molecule has 16 heavy (non-hydrogen) atoms. The Morgan fingerprint density at radius 1 is 1.25 bits per heavy atom. The number of rotatable bonds is 0. The Balaban J connectivity index is 1.93. The molecule has 0 saturated carbocycles. The summed E-state index contributed by atoms with van der Waals surface area (Å²) in [5.41, 5.74) is 15.3. The van der Waals surface area contributed by atoms with Gasteiger partial charge in [0, 0.05) is 18.0 Å². The fourth-order valence-corrected chi connectivity index (χ4v) is 3.36. The zero-order valence-electron chi connectivity index (χ0n) is 9.19. The van der Waals surface area contributed by atoms with E-state index in [1.165, 1.54) is 30.5 Å². The number of allylic oxidation sites excluding steroid dienone is 3. The van der Waals surface area contributed by atoms with Crippen molar-refractivity contribution in [3.05, 3.63) is 34.3 Å². The number of hydrogen-bond donors (Lipinski definition) is 4. The van der Waals surface area contributed by atoms with Crippen molar-refractivity contribution in [2.24, 2.45) is 5.92 Å². The molecule has 0 spiro atoms. The lowest BCUT2D eigenvalue weighted by atomic mass is 9.73. The molecule has 2 aliphatic carbocycles. The first-order chi connectivity index (χ1) is 7.93. The third-order valence-electron chi connectivity index (χ3n) is 4.07. The molecule has 2 aliphatic heterocycles. The molecule has 0 aromatic carbocycles. The van der Waals surface area contributed by atoms with E-state index in [4.69, 9.17) is 0 Å². The van der Waals surface area contributed by atoms with Gasteiger partial charge in [0.15, 0.2) is 0 Å². The highest BCUT2D eigenvalue weighted by Crippen LogP contribution is 2.43. The van der Waals surface area contributed by atoms with Crippen molar-refractivity contribution in [2.75, 3.05) is 6.54 Å². The zero-order chi connectivity index (χ0) is 10.5. The molecule has 2 heterocycles. The highest BCUT2D eigenvalue weighted by atomic mass is 15.6. The average molecular weight is 216 g/mol. The molecule has 0 fully saturated rings. The predicted molar refractivity (Wildman–Crippen MR) is 61.5 cm³/mol. The summed E-state index contributed by atoms with van der Waals surface area (Å²) in [5.74, 6) is 1.88. The SMILES string of the molecule is C1=C2NNNC3=C2C2=C(C1)CCCC2CN3. The normalized spacial score (nSPS) is 31.0. The van der Waals surface area contributed by atoms with E-state index < -0.39 is 0 Å². The smallest absolute Gasteiger partial charge is 0.124 e. The Bertz CT molecular complexity index is 444. The molecule has 0 saturated heterocycles. The van der Waals surface area contributed by atoms with Crippen LogP contribution in [0.1, 0.15) is 25.7 Å². The zero-order valence-corrected chi connectivity index (χ0v) is 9.19. The lowest BCUT2D eigenvalue weighted by Crippen LogP contribution is -2.54. The van der Waals surface area contributed by atoms with E-state index in [0.717, 1.165) is 24.7 Å². The van der Waals surface area contributed by atoms with Crippen LogP contribution in [0.5, 0.6) is 0 Å². The number of nitrogens with one attached hydrogen (secondary N) is 4. The van der Waals surface area contributed by atoms with Gasteiger partial charge in [0.05, 0.1) is 5.70 Å². The Kier molecular flexibility index (Phi) is 1.65. The number of hydrogen-bond acceptors (Lipinski definition) is 4. The van der Waals surface area contributed by atoms with Gasteiger partial charge in [-0.3, -0.25) is 5.43 Å². The number of hydrazine groups is 2. The molecule has 1 atom stereocenters. The van der Waals surface area contributed by atoms with Gasteiger partial charge >= 0.3 is 0 Å². The second-order valence-corrected chi connectivity index (χ2v) is 4.93. The van der Waals surface area contributed by atoms with Crippen molar-refractivity contribution in [3.8, 4) is 0 Å². The predicted octanol–water partition coefficient (Wildman–Crippen LogP) is 0.798. The Morgan fingerprint density at radius 2 is 2.25 bits per heavy atom. The highest BCUT2D eigenvalue weighted by molar-refractivity contribution is 5.57. The first-order valence-corrected chi connectivity index (χ1v) is 6.11. The van der Waals surface area contributed by atoms with Crippen LogP contribution in [0.15, 0.2) is 34.3 Å². The summed E-state index contributed by atoms with van der Waals surface area (Å²) in [7, 11) is 0. The molecule has 4 heteroatoms. The molecule has 0 bridgehead atoms. The standard InChI is InChI=1S/C12H16N4/c1-2-7-4-5-9-11-10(7)8(3-1)6-13-12(11)15-16-14-9/h5,8,13-16H,1-4,6H2. The molecule has 0 aromatic heterocycles. The monoisotopic (exact) mass is 216 g/mol. The van der Waals surface area contributed by atoms with Crippen LogP contribution in [-0.2, 0) is 0 Å². The third-order valence-corrected chi connectivity index (χ3v) is 4.07. The minimum atomic E-state index is 0.730. The lowest BCUT2D eigenvalue weighted by Gasteiger charge is -2.41. The van der Waals surface area contributed by atoms with Gasteiger partial charge in [-0.05, 0) is 31.3 Å². The topological polar surface area (TPSA) is 48.1 Å². The van der Waals surface area contributed by atoms with Gasteiger partial charge in [-0.15, -0.1) is 5.53 Å². The van der Waals surface area contributed by atoms with E-state index in [1.807, 2.05) is 0 Å². The summed E-state index contributed by atoms with van der Waals surface area (Å²) in [6.45, 7) is 1.08. The molecular weight excluding hydrogens is 200 g/mol. The minimum absolute atomic E-state index is 0.730. The van der Waals surface area contributed by atoms with Crippen LogP contribution in [0.4, 0.5) is 0 Å². The molecule has 4 aliphatic rings. The molecule has 84 valence electrons. The van der Waals surface area contributed by atoms with Crippen molar-refractivity contribution in [3.63, 3.8) is 0 Å². The van der Waals surface area contributed by atoms with E-state index in [-0.39, 0.29) is 0 Å². The van der Waals surface area contributed by atoms with Crippen molar-refractivity contribution >= 4 is 0 Å². The van der Waals surface area contributed by atoms with Gasteiger partial charge in [0.1, 0.15) is 5.82 Å². The Labute approximate surface area is 94.8 Å². The summed E-state index contributed by atoms with van der Waals surface area (Å²) in [4.78, 5) is 0. The summed E-state index contributed by atoms with van der Waals surface area (Å²) < 4.78 is 0. The molecule has 1 unspecified atom stereocenters. The maximum Gasteiger partial charge on any atom is 0.124 e. The summed E-state index contributed by atoms with van der Waals surface area (Å²) in [6, 6.07) is 0. The van der Waals surface area contributed by atoms with Crippen LogP contribution in [0, 0.1) is 5.92 Å². The molecular formula is C12H16N4. The lowest BCUT2D eigenvalue weighted by molar-refractivity contribution is 0.398. The second kappa shape index (κ2) is 3.04. The van der Waals surface area contributed by atoms with Gasteiger partial charge in [-0.1, -0.05) is 11.6 Å². The van der Waals surface area contributed by atoms with E-state index in [0.29, 0.717) is 0 Å². The highest BCUT2D eigenvalue weighted by Gasteiger charge is 2.35. The largest absolute Gasteiger partial charge is 0.370 e. The molecule has 0 radical (unpaired) electrons. The van der Waals surface area contributed by atoms with Crippen molar-refractivity contribution < 1.29 is 0 Å². The summed E-state index contributed by atoms with van der Waals surface area (Å²) in [6.07, 6.45) is 7.42. The van der Waals surface area contributed by atoms with Crippen LogP contribution in [0.2, 0.25) is 0 Å². The van der Waals surface area contributed by atoms with Crippen molar-refractivity contribution in [2.45, 2.75) is 25.7 Å². The Hall–Kier alpha value is -1.42. The van der Waals surface area contributed by atoms with E-state index in [9.17, 15) is 0 Å². The van der Waals surface area contributed by atoms with E-state index >= 15 is 0 Å². The van der Waals surface area contributed by atoms with E-state index in [1.54, 1.807) is 11.1 Å². The third kappa shape index (κ3) is 1.02. The quantitative estimate of drug-likeness (QED) is 0.484. The van der Waals surface area contributed by atoms with Gasteiger partial charge < -0.3 is 10.7 Å². The second-order valence-electron chi connectivity index (χ2n) is 4.93. The maximum atomic E-state index is 3.50. The van der Waals surface area contributed by atoms with Crippen molar-refractivity contribution in [1.82, 2.24) is 21.7 Å². The van der Waals surface area contributed by atoms with Crippen LogP contribution < -0.4 is 21.7 Å². The first kappa shape index (κ1) is 8.70. The minimum Gasteiger partial charge on any atom is -0.370 e. The van der Waals surface area contributed by atoms with Crippen LogP contribution in [0.3, 0.4) is 0 Å². The fourth-order valence-electron chi connectivity index (χ4n) is 3.36. The molecule has 4 rings (SSSR count).